The van der Waals surface area contributed by atoms with Gasteiger partial charge in [0.2, 0.25) is 5.91 Å². The van der Waals surface area contributed by atoms with Gasteiger partial charge in [0.15, 0.2) is 0 Å². The van der Waals surface area contributed by atoms with E-state index in [9.17, 15) is 4.79 Å². The monoisotopic (exact) mass is 228 g/mol. The number of carbonyl (C=O) groups is 1. The first-order valence-corrected chi connectivity index (χ1v) is 5.95. The van der Waals surface area contributed by atoms with E-state index < -0.39 is 0 Å². The van der Waals surface area contributed by atoms with Crippen molar-refractivity contribution in [1.82, 2.24) is 10.6 Å². The smallest absolute Gasteiger partial charge is 0.237 e. The maximum atomic E-state index is 11.8. The summed E-state index contributed by atoms with van der Waals surface area (Å²) >= 11 is 0. The quantitative estimate of drug-likeness (QED) is 0.691. The molecule has 0 aliphatic carbocycles. The Bertz CT molecular complexity index is 241. The highest BCUT2D eigenvalue weighted by atomic mass is 16.5. The summed E-state index contributed by atoms with van der Waals surface area (Å²) in [5, 5.41) is 6.08. The lowest BCUT2D eigenvalue weighted by Crippen LogP contribution is -2.43. The van der Waals surface area contributed by atoms with Crippen LogP contribution in [0.15, 0.2) is 0 Å². The van der Waals surface area contributed by atoms with Crippen molar-refractivity contribution in [3.05, 3.63) is 0 Å². The molecule has 2 rings (SSSR count). The zero-order valence-corrected chi connectivity index (χ0v) is 9.70. The average Bonchev–Trinajstić information content (AvgIpc) is 2.96. The van der Waals surface area contributed by atoms with Crippen LogP contribution in [0.3, 0.4) is 0 Å². The van der Waals surface area contributed by atoms with Crippen LogP contribution in [-0.4, -0.2) is 51.0 Å². The normalized spacial score (nSPS) is 34.2. The zero-order valence-electron chi connectivity index (χ0n) is 9.70. The van der Waals surface area contributed by atoms with Crippen molar-refractivity contribution in [3.8, 4) is 0 Å². The lowest BCUT2D eigenvalue weighted by atomic mass is 10.2. The molecule has 5 nitrogen and oxygen atoms in total. The first kappa shape index (κ1) is 11.8. The molecule has 0 aromatic heterocycles. The fourth-order valence-corrected chi connectivity index (χ4v) is 2.23. The average molecular weight is 228 g/mol. The molecular weight excluding hydrogens is 208 g/mol. The molecule has 0 aromatic carbocycles. The molecule has 2 heterocycles. The molecule has 5 heteroatoms. The van der Waals surface area contributed by atoms with E-state index in [1.54, 1.807) is 7.11 Å². The third-order valence-electron chi connectivity index (χ3n) is 3.27. The Hall–Kier alpha value is -0.650. The highest BCUT2D eigenvalue weighted by molar-refractivity contribution is 5.82. The van der Waals surface area contributed by atoms with Gasteiger partial charge in [-0.25, -0.2) is 0 Å². The lowest BCUT2D eigenvalue weighted by Gasteiger charge is -2.14. The third kappa shape index (κ3) is 2.93. The topological polar surface area (TPSA) is 59.6 Å². The van der Waals surface area contributed by atoms with Gasteiger partial charge in [-0.2, -0.15) is 0 Å². The van der Waals surface area contributed by atoms with Crippen LogP contribution >= 0.6 is 0 Å². The number of rotatable bonds is 4. The molecule has 3 atom stereocenters. The van der Waals surface area contributed by atoms with Crippen molar-refractivity contribution in [2.75, 3.05) is 26.8 Å². The first-order chi connectivity index (χ1) is 7.79. The largest absolute Gasteiger partial charge is 0.380 e. The number of amides is 1. The van der Waals surface area contributed by atoms with E-state index in [4.69, 9.17) is 9.47 Å². The van der Waals surface area contributed by atoms with Crippen LogP contribution in [0.5, 0.6) is 0 Å². The summed E-state index contributed by atoms with van der Waals surface area (Å²) in [7, 11) is 1.68. The van der Waals surface area contributed by atoms with Gasteiger partial charge in [-0.1, -0.05) is 0 Å². The summed E-state index contributed by atoms with van der Waals surface area (Å²) in [5.41, 5.74) is 0. The molecule has 0 bridgehead atoms. The number of carbonyl (C=O) groups excluding carboxylic acids is 1. The molecule has 16 heavy (non-hydrogen) atoms. The van der Waals surface area contributed by atoms with E-state index in [0.29, 0.717) is 6.54 Å². The minimum Gasteiger partial charge on any atom is -0.380 e. The van der Waals surface area contributed by atoms with Crippen LogP contribution in [0, 0.1) is 0 Å². The molecular formula is C11H20N2O3. The zero-order chi connectivity index (χ0) is 11.4. The van der Waals surface area contributed by atoms with Crippen molar-refractivity contribution in [3.63, 3.8) is 0 Å². The minimum atomic E-state index is -0.105. The Morgan fingerprint density at radius 1 is 1.62 bits per heavy atom. The van der Waals surface area contributed by atoms with Crippen LogP contribution in [0.4, 0.5) is 0 Å². The SMILES string of the molecule is COC1CNC(C(=O)NCC2CCCO2)C1. The molecule has 0 radical (unpaired) electrons. The highest BCUT2D eigenvalue weighted by Gasteiger charge is 2.29. The number of methoxy groups -OCH3 is 1. The molecule has 92 valence electrons. The Labute approximate surface area is 95.9 Å². The van der Waals surface area contributed by atoms with Gasteiger partial charge in [-0.15, -0.1) is 0 Å². The Balaban J connectivity index is 1.67. The molecule has 2 N–H and O–H groups in total. The molecule has 2 aliphatic heterocycles. The number of nitrogens with one attached hydrogen (secondary N) is 2. The van der Waals surface area contributed by atoms with Crippen LogP contribution in [0.2, 0.25) is 0 Å². The number of hydrogen-bond donors (Lipinski definition) is 2. The molecule has 1 amide bonds. The molecule has 2 fully saturated rings. The van der Waals surface area contributed by atoms with Gasteiger partial charge in [-0.05, 0) is 19.3 Å². The Morgan fingerprint density at radius 3 is 3.12 bits per heavy atom. The summed E-state index contributed by atoms with van der Waals surface area (Å²) in [4.78, 5) is 11.8. The van der Waals surface area contributed by atoms with E-state index in [-0.39, 0.29) is 24.2 Å². The van der Waals surface area contributed by atoms with Crippen molar-refractivity contribution < 1.29 is 14.3 Å². The predicted octanol–water partition coefficient (Wildman–Crippen LogP) is -0.341. The lowest BCUT2D eigenvalue weighted by molar-refractivity contribution is -0.123. The summed E-state index contributed by atoms with van der Waals surface area (Å²) in [6, 6.07) is -0.105. The summed E-state index contributed by atoms with van der Waals surface area (Å²) in [6.07, 6.45) is 3.29. The minimum absolute atomic E-state index is 0.0649. The van der Waals surface area contributed by atoms with Crippen molar-refractivity contribution >= 4 is 5.91 Å². The molecule has 0 spiro atoms. The van der Waals surface area contributed by atoms with E-state index in [2.05, 4.69) is 10.6 Å². The van der Waals surface area contributed by atoms with E-state index in [1.165, 1.54) is 0 Å². The van der Waals surface area contributed by atoms with Crippen LogP contribution in [0.1, 0.15) is 19.3 Å². The van der Waals surface area contributed by atoms with Crippen LogP contribution in [0.25, 0.3) is 0 Å². The number of ether oxygens (including phenoxy) is 2. The molecule has 0 saturated carbocycles. The van der Waals surface area contributed by atoms with Crippen molar-refractivity contribution in [2.24, 2.45) is 0 Å². The maximum absolute atomic E-state index is 11.8. The van der Waals surface area contributed by atoms with Gasteiger partial charge in [0, 0.05) is 26.8 Å². The van der Waals surface area contributed by atoms with Gasteiger partial charge in [0.25, 0.3) is 0 Å². The highest BCUT2D eigenvalue weighted by Crippen LogP contribution is 2.12. The predicted molar refractivity (Wildman–Crippen MR) is 59.2 cm³/mol. The maximum Gasteiger partial charge on any atom is 0.237 e. The second-order valence-corrected chi connectivity index (χ2v) is 4.43. The second-order valence-electron chi connectivity index (χ2n) is 4.43. The summed E-state index contributed by atoms with van der Waals surface area (Å²) < 4.78 is 10.7. The van der Waals surface area contributed by atoms with Gasteiger partial charge < -0.3 is 20.1 Å². The van der Waals surface area contributed by atoms with Crippen LogP contribution in [-0.2, 0) is 14.3 Å². The van der Waals surface area contributed by atoms with Crippen molar-refractivity contribution in [2.45, 2.75) is 37.5 Å². The fraction of sp³-hybridized carbons (Fsp3) is 0.909. The van der Waals surface area contributed by atoms with Gasteiger partial charge >= 0.3 is 0 Å². The van der Waals surface area contributed by atoms with Crippen LogP contribution < -0.4 is 10.6 Å². The molecule has 0 aromatic rings. The molecule has 2 aliphatic rings. The van der Waals surface area contributed by atoms with E-state index >= 15 is 0 Å². The van der Waals surface area contributed by atoms with E-state index in [0.717, 1.165) is 32.4 Å². The standard InChI is InChI=1S/C11H20N2O3/c1-15-9-5-10(12-7-9)11(14)13-6-8-3-2-4-16-8/h8-10,12H,2-7H2,1H3,(H,13,14). The Kier molecular flexibility index (Phi) is 4.15. The molecule has 3 unspecified atom stereocenters. The van der Waals surface area contributed by atoms with E-state index in [1.807, 2.05) is 0 Å². The van der Waals surface area contributed by atoms with Gasteiger partial charge in [-0.3, -0.25) is 4.79 Å². The Morgan fingerprint density at radius 2 is 2.50 bits per heavy atom. The first-order valence-electron chi connectivity index (χ1n) is 5.95. The van der Waals surface area contributed by atoms with Gasteiger partial charge in [0.1, 0.15) is 0 Å². The van der Waals surface area contributed by atoms with Gasteiger partial charge in [0.05, 0.1) is 18.2 Å². The second kappa shape index (κ2) is 5.61. The summed E-state index contributed by atoms with van der Waals surface area (Å²) in [5.74, 6) is 0.0649. The third-order valence-corrected chi connectivity index (χ3v) is 3.27. The molecule has 2 saturated heterocycles. The number of hydrogen-bond acceptors (Lipinski definition) is 4. The summed E-state index contributed by atoms with van der Waals surface area (Å²) in [6.45, 7) is 2.22. The van der Waals surface area contributed by atoms with Crippen molar-refractivity contribution in [1.29, 1.82) is 0 Å². The fourth-order valence-electron chi connectivity index (χ4n) is 2.23.